The number of alkyl halides is 3. The third-order valence-electron chi connectivity index (χ3n) is 3.31. The molecule has 0 atom stereocenters. The van der Waals surface area contributed by atoms with Gasteiger partial charge in [0.2, 0.25) is 5.91 Å². The summed E-state index contributed by atoms with van der Waals surface area (Å²) in [5, 5.41) is 5.72. The molecular formula is C17H16ClF3N2O3. The molecule has 0 radical (unpaired) electrons. The minimum absolute atomic E-state index is 0.0410. The van der Waals surface area contributed by atoms with Crippen LogP contribution in [0.3, 0.4) is 0 Å². The lowest BCUT2D eigenvalue weighted by Gasteiger charge is -2.15. The first-order valence-corrected chi connectivity index (χ1v) is 7.80. The maximum atomic E-state index is 12.4. The molecule has 0 aliphatic carbocycles. The van der Waals surface area contributed by atoms with Crippen molar-refractivity contribution in [3.8, 4) is 11.5 Å². The minimum atomic E-state index is -4.83. The summed E-state index contributed by atoms with van der Waals surface area (Å²) in [5.41, 5.74) is 1.18. The van der Waals surface area contributed by atoms with Crippen molar-refractivity contribution in [3.63, 3.8) is 0 Å². The third-order valence-corrected chi connectivity index (χ3v) is 3.71. The zero-order valence-electron chi connectivity index (χ0n) is 13.9. The van der Waals surface area contributed by atoms with Crippen LogP contribution in [0.2, 0.25) is 5.02 Å². The Labute approximate surface area is 153 Å². The Morgan fingerprint density at radius 1 is 1.15 bits per heavy atom. The summed E-state index contributed by atoms with van der Waals surface area (Å²) in [6.07, 6.45) is -4.83. The van der Waals surface area contributed by atoms with Crippen LogP contribution in [0.25, 0.3) is 0 Å². The summed E-state index contributed by atoms with van der Waals surface area (Å²) in [5.74, 6) is -0.533. The van der Waals surface area contributed by atoms with Crippen molar-refractivity contribution < 1.29 is 27.4 Å². The second-order valence-electron chi connectivity index (χ2n) is 5.25. The van der Waals surface area contributed by atoms with Crippen LogP contribution < -0.4 is 20.1 Å². The normalized spacial score (nSPS) is 11.0. The Bertz CT molecular complexity index is 797. The topological polar surface area (TPSA) is 59.6 Å². The molecule has 26 heavy (non-hydrogen) atoms. The molecule has 1 amide bonds. The van der Waals surface area contributed by atoms with Gasteiger partial charge in [0.15, 0.2) is 5.75 Å². The molecule has 0 saturated heterocycles. The number of carbonyl (C=O) groups excluding carboxylic acids is 1. The van der Waals surface area contributed by atoms with Gasteiger partial charge in [0.25, 0.3) is 0 Å². The minimum Gasteiger partial charge on any atom is -0.495 e. The molecule has 2 rings (SSSR count). The first-order valence-electron chi connectivity index (χ1n) is 7.42. The fourth-order valence-corrected chi connectivity index (χ4v) is 2.28. The fourth-order valence-electron chi connectivity index (χ4n) is 2.13. The largest absolute Gasteiger partial charge is 0.573 e. The molecule has 0 bridgehead atoms. The number of carbonyl (C=O) groups is 1. The number of halogens is 4. The summed E-state index contributed by atoms with van der Waals surface area (Å²) < 4.78 is 46.3. The van der Waals surface area contributed by atoms with E-state index in [0.717, 1.165) is 11.6 Å². The monoisotopic (exact) mass is 388 g/mol. The van der Waals surface area contributed by atoms with E-state index in [2.05, 4.69) is 15.4 Å². The smallest absolute Gasteiger partial charge is 0.495 e. The lowest BCUT2D eigenvalue weighted by molar-refractivity contribution is -0.274. The SMILES string of the molecule is COc1cc(Cl)c(C)cc1NC(=O)CNc1ccccc1OC(F)(F)F. The Balaban J connectivity index is 2.05. The van der Waals surface area contributed by atoms with Crippen molar-refractivity contribution >= 4 is 28.9 Å². The Kier molecular flexibility index (Phi) is 6.20. The standard InChI is InChI=1S/C17H16ClF3N2O3/c1-10-7-13(15(25-2)8-11(10)18)23-16(24)9-22-12-5-3-4-6-14(12)26-17(19,20)21/h3-8,22H,9H2,1-2H3,(H,23,24). The molecule has 0 aliphatic rings. The number of aryl methyl sites for hydroxylation is 1. The summed E-state index contributed by atoms with van der Waals surface area (Å²) in [7, 11) is 1.43. The highest BCUT2D eigenvalue weighted by atomic mass is 35.5. The van der Waals surface area contributed by atoms with E-state index in [1.165, 1.54) is 25.3 Å². The summed E-state index contributed by atoms with van der Waals surface area (Å²) in [6.45, 7) is 1.49. The predicted molar refractivity (Wildman–Crippen MR) is 93.0 cm³/mol. The number of nitrogens with one attached hydrogen (secondary N) is 2. The van der Waals surface area contributed by atoms with Crippen molar-refractivity contribution in [2.24, 2.45) is 0 Å². The number of hydrogen-bond acceptors (Lipinski definition) is 4. The maximum absolute atomic E-state index is 12.4. The van der Waals surface area contributed by atoms with Crippen LogP contribution in [0.15, 0.2) is 36.4 Å². The van der Waals surface area contributed by atoms with Gasteiger partial charge < -0.3 is 20.1 Å². The number of rotatable bonds is 6. The molecule has 140 valence electrons. The molecule has 2 aromatic carbocycles. The number of para-hydroxylation sites is 2. The van der Waals surface area contributed by atoms with E-state index in [-0.39, 0.29) is 12.2 Å². The molecule has 0 saturated carbocycles. The van der Waals surface area contributed by atoms with E-state index in [1.54, 1.807) is 19.1 Å². The summed E-state index contributed by atoms with van der Waals surface area (Å²) in [6, 6.07) is 8.65. The highest BCUT2D eigenvalue weighted by molar-refractivity contribution is 6.31. The van der Waals surface area contributed by atoms with Gasteiger partial charge in [-0.15, -0.1) is 13.2 Å². The Morgan fingerprint density at radius 2 is 1.85 bits per heavy atom. The van der Waals surface area contributed by atoms with E-state index in [4.69, 9.17) is 16.3 Å². The molecule has 0 unspecified atom stereocenters. The zero-order chi connectivity index (χ0) is 19.3. The van der Waals surface area contributed by atoms with Gasteiger partial charge in [-0.3, -0.25) is 4.79 Å². The van der Waals surface area contributed by atoms with E-state index >= 15 is 0 Å². The van der Waals surface area contributed by atoms with Crippen LogP contribution in [-0.4, -0.2) is 25.9 Å². The number of hydrogen-bond donors (Lipinski definition) is 2. The fraction of sp³-hybridized carbons (Fsp3) is 0.235. The van der Waals surface area contributed by atoms with Crippen LogP contribution in [-0.2, 0) is 4.79 Å². The molecule has 0 aliphatic heterocycles. The number of benzene rings is 2. The van der Waals surface area contributed by atoms with E-state index < -0.39 is 18.0 Å². The van der Waals surface area contributed by atoms with Crippen molar-refractivity contribution in [1.29, 1.82) is 0 Å². The van der Waals surface area contributed by atoms with E-state index in [9.17, 15) is 18.0 Å². The van der Waals surface area contributed by atoms with E-state index in [0.29, 0.717) is 16.5 Å². The van der Waals surface area contributed by atoms with Crippen LogP contribution in [0.1, 0.15) is 5.56 Å². The zero-order valence-corrected chi connectivity index (χ0v) is 14.7. The van der Waals surface area contributed by atoms with Crippen LogP contribution in [0.4, 0.5) is 24.5 Å². The molecule has 0 spiro atoms. The van der Waals surface area contributed by atoms with Gasteiger partial charge in [-0.2, -0.15) is 0 Å². The molecule has 9 heteroatoms. The van der Waals surface area contributed by atoms with Crippen LogP contribution in [0.5, 0.6) is 11.5 Å². The van der Waals surface area contributed by atoms with Crippen LogP contribution in [0, 0.1) is 6.92 Å². The number of methoxy groups -OCH3 is 1. The Hall–Kier alpha value is -2.61. The highest BCUT2D eigenvalue weighted by Crippen LogP contribution is 2.31. The van der Waals surface area contributed by atoms with Gasteiger partial charge in [-0.05, 0) is 30.7 Å². The van der Waals surface area contributed by atoms with E-state index in [1.807, 2.05) is 0 Å². The Morgan fingerprint density at radius 3 is 2.50 bits per heavy atom. The van der Waals surface area contributed by atoms with Gasteiger partial charge in [0.1, 0.15) is 5.75 Å². The van der Waals surface area contributed by atoms with Crippen molar-refractivity contribution in [2.75, 3.05) is 24.3 Å². The molecule has 5 nitrogen and oxygen atoms in total. The maximum Gasteiger partial charge on any atom is 0.573 e. The summed E-state index contributed by atoms with van der Waals surface area (Å²) in [4.78, 5) is 12.1. The quantitative estimate of drug-likeness (QED) is 0.759. The number of anilines is 2. The first kappa shape index (κ1) is 19.7. The van der Waals surface area contributed by atoms with Gasteiger partial charge in [-0.25, -0.2) is 0 Å². The lowest BCUT2D eigenvalue weighted by Crippen LogP contribution is -2.23. The third kappa shape index (κ3) is 5.45. The molecule has 2 N–H and O–H groups in total. The second-order valence-corrected chi connectivity index (χ2v) is 5.65. The van der Waals surface area contributed by atoms with Crippen LogP contribution >= 0.6 is 11.6 Å². The highest BCUT2D eigenvalue weighted by Gasteiger charge is 2.32. The van der Waals surface area contributed by atoms with Crippen molar-refractivity contribution in [2.45, 2.75) is 13.3 Å². The van der Waals surface area contributed by atoms with Crippen molar-refractivity contribution in [3.05, 3.63) is 47.0 Å². The molecule has 0 fully saturated rings. The lowest BCUT2D eigenvalue weighted by atomic mass is 10.2. The van der Waals surface area contributed by atoms with Crippen molar-refractivity contribution in [1.82, 2.24) is 0 Å². The molecule has 0 heterocycles. The average Bonchev–Trinajstić information content (AvgIpc) is 2.55. The molecule has 0 aromatic heterocycles. The van der Waals surface area contributed by atoms with Gasteiger partial charge in [-0.1, -0.05) is 23.7 Å². The first-order chi connectivity index (χ1) is 12.2. The van der Waals surface area contributed by atoms with Gasteiger partial charge in [0, 0.05) is 11.1 Å². The molecule has 2 aromatic rings. The molecular weight excluding hydrogens is 373 g/mol. The second kappa shape index (κ2) is 8.18. The van der Waals surface area contributed by atoms with Gasteiger partial charge >= 0.3 is 6.36 Å². The predicted octanol–water partition coefficient (Wildman–Crippen LogP) is 4.61. The van der Waals surface area contributed by atoms with Gasteiger partial charge in [0.05, 0.1) is 25.0 Å². The number of ether oxygens (including phenoxy) is 2. The average molecular weight is 389 g/mol. The number of amides is 1. The summed E-state index contributed by atoms with van der Waals surface area (Å²) >= 11 is 6.00.